The minimum Gasteiger partial charge on any atom is -0.459 e. The number of rotatable bonds is 44. The Morgan fingerprint density at radius 1 is 0.478 bits per heavy atom. The summed E-state index contributed by atoms with van der Waals surface area (Å²) in [6.07, 6.45) is 26.0. The van der Waals surface area contributed by atoms with Gasteiger partial charge in [0.25, 0.3) is 0 Å². The lowest BCUT2D eigenvalue weighted by Gasteiger charge is -2.32. The van der Waals surface area contributed by atoms with E-state index in [0.29, 0.717) is 32.1 Å². The second kappa shape index (κ2) is 39.5. The first-order valence-electron chi connectivity index (χ1n) is 27.4. The number of unbranched alkanes of at least 4 members (excludes halogenated alkanes) is 22. The maximum Gasteiger partial charge on any atom is 0.307 e. The SMILES string of the molecule is CCCCCCCCCCCCCCCCCC(=O)OC(c1cnco1)c1nc(C(CC(OC(=O)CCCCC)C(OC(=O)CCCCC)C(C)OC(=O)CCCCC)OC(=O)CCCCC)co1. The van der Waals surface area contributed by atoms with Crippen LogP contribution in [-0.2, 0) is 47.7 Å². The summed E-state index contributed by atoms with van der Waals surface area (Å²) in [5.41, 5.74) is 0.140. The fraction of sp³-hybridized carbons (Fsp3) is 0.800. The van der Waals surface area contributed by atoms with Crippen molar-refractivity contribution in [1.29, 1.82) is 0 Å². The average Bonchev–Trinajstić information content (AvgIpc) is 4.05. The van der Waals surface area contributed by atoms with Crippen molar-refractivity contribution in [2.45, 2.75) is 284 Å². The third kappa shape index (κ3) is 28.3. The Hall–Kier alpha value is -4.23. The maximum absolute atomic E-state index is 13.5. The molecular formula is C55H92N2O12. The van der Waals surface area contributed by atoms with Gasteiger partial charge >= 0.3 is 29.8 Å². The van der Waals surface area contributed by atoms with Crippen LogP contribution in [0.2, 0.25) is 0 Å². The number of carbonyl (C=O) groups is 5. The lowest BCUT2D eigenvalue weighted by atomic mass is 10.00. The number of hydrogen-bond acceptors (Lipinski definition) is 14. The van der Waals surface area contributed by atoms with Crippen LogP contribution in [0, 0.1) is 0 Å². The number of oxazole rings is 2. The predicted octanol–water partition coefficient (Wildman–Crippen LogP) is 14.6. The lowest BCUT2D eigenvalue weighted by molar-refractivity contribution is -0.188. The predicted molar refractivity (Wildman–Crippen MR) is 266 cm³/mol. The molecule has 5 unspecified atom stereocenters. The van der Waals surface area contributed by atoms with Crippen LogP contribution in [0.25, 0.3) is 0 Å². The van der Waals surface area contributed by atoms with Crippen molar-refractivity contribution in [2.24, 2.45) is 0 Å². The summed E-state index contributed by atoms with van der Waals surface area (Å²) in [7, 11) is 0. The number of aromatic nitrogens is 2. The summed E-state index contributed by atoms with van der Waals surface area (Å²) in [5.74, 6) is -2.37. The van der Waals surface area contributed by atoms with Gasteiger partial charge in [-0.3, -0.25) is 24.0 Å². The molecule has 0 aliphatic carbocycles. The third-order valence-electron chi connectivity index (χ3n) is 12.4. The van der Waals surface area contributed by atoms with E-state index in [1.165, 1.54) is 89.5 Å². The molecular weight excluding hydrogens is 881 g/mol. The van der Waals surface area contributed by atoms with Crippen LogP contribution in [0.4, 0.5) is 0 Å². The van der Waals surface area contributed by atoms with Gasteiger partial charge in [0.1, 0.15) is 24.2 Å². The van der Waals surface area contributed by atoms with Crippen molar-refractivity contribution < 1.29 is 56.5 Å². The number of nitrogens with zero attached hydrogens (tertiary/aromatic N) is 2. The van der Waals surface area contributed by atoms with Crippen molar-refractivity contribution in [3.8, 4) is 0 Å². The number of esters is 5. The van der Waals surface area contributed by atoms with Gasteiger partial charge in [0.15, 0.2) is 24.4 Å². The molecule has 69 heavy (non-hydrogen) atoms. The maximum atomic E-state index is 13.5. The Labute approximate surface area is 415 Å². The summed E-state index contributed by atoms with van der Waals surface area (Å²) in [4.78, 5) is 75.6. The highest BCUT2D eigenvalue weighted by molar-refractivity contribution is 5.72. The van der Waals surface area contributed by atoms with Crippen molar-refractivity contribution in [3.63, 3.8) is 0 Å². The third-order valence-corrected chi connectivity index (χ3v) is 12.4. The molecule has 0 saturated heterocycles. The number of hydrogen-bond donors (Lipinski definition) is 0. The van der Waals surface area contributed by atoms with Gasteiger partial charge in [0.2, 0.25) is 12.0 Å². The van der Waals surface area contributed by atoms with Crippen LogP contribution in [0.1, 0.15) is 283 Å². The van der Waals surface area contributed by atoms with Gasteiger partial charge < -0.3 is 32.5 Å². The Morgan fingerprint density at radius 2 is 0.870 bits per heavy atom. The molecule has 2 heterocycles. The zero-order valence-electron chi connectivity index (χ0n) is 43.7. The first-order chi connectivity index (χ1) is 33.6. The van der Waals surface area contributed by atoms with E-state index in [9.17, 15) is 24.0 Å². The van der Waals surface area contributed by atoms with Gasteiger partial charge in [-0.05, 0) is 39.0 Å². The minimum atomic E-state index is -1.25. The Morgan fingerprint density at radius 3 is 1.33 bits per heavy atom. The summed E-state index contributed by atoms with van der Waals surface area (Å²) in [6, 6.07) is 0. The molecule has 0 aliphatic heterocycles. The Kier molecular flexibility index (Phi) is 34.8. The summed E-state index contributed by atoms with van der Waals surface area (Å²) in [6.45, 7) is 12.0. The monoisotopic (exact) mass is 973 g/mol. The van der Waals surface area contributed by atoms with Gasteiger partial charge in [-0.15, -0.1) is 0 Å². The molecule has 5 atom stereocenters. The first kappa shape index (κ1) is 60.9. The van der Waals surface area contributed by atoms with Crippen LogP contribution in [-0.4, -0.2) is 58.1 Å². The molecule has 14 nitrogen and oxygen atoms in total. The first-order valence-corrected chi connectivity index (χ1v) is 27.4. The van der Waals surface area contributed by atoms with Crippen molar-refractivity contribution in [2.75, 3.05) is 0 Å². The van der Waals surface area contributed by atoms with Crippen molar-refractivity contribution in [1.82, 2.24) is 9.97 Å². The zero-order chi connectivity index (χ0) is 50.3. The second-order valence-corrected chi connectivity index (χ2v) is 18.8. The highest BCUT2D eigenvalue weighted by atomic mass is 16.6. The van der Waals surface area contributed by atoms with Gasteiger partial charge in [0.05, 0.1) is 6.20 Å². The van der Waals surface area contributed by atoms with E-state index < -0.39 is 60.4 Å². The minimum absolute atomic E-state index is 0.0417. The summed E-state index contributed by atoms with van der Waals surface area (Å²) in [5, 5.41) is 0. The van der Waals surface area contributed by atoms with E-state index in [4.69, 9.17) is 37.5 Å². The average molecular weight is 973 g/mol. The highest BCUT2D eigenvalue weighted by Gasteiger charge is 2.40. The van der Waals surface area contributed by atoms with Crippen LogP contribution in [0.15, 0.2) is 27.7 Å². The highest BCUT2D eigenvalue weighted by Crippen LogP contribution is 2.33. The standard InChI is InChI=1S/C55H92N2O12/c1-7-12-17-18-19-20-21-22-23-24-25-26-27-28-33-38-52(62)69-54(47-40-56-42-64-47)55-57-44(41-63-55)45(66-49(59)35-30-14-9-3)39-46(67-50(60)36-31-15-10-4)53(68-51(61)37-32-16-11-5)43(6)65-48(58)34-29-13-8-2/h40-43,45-46,53-54H,7-39H2,1-6H3. The van der Waals surface area contributed by atoms with Crippen LogP contribution in [0.3, 0.4) is 0 Å². The van der Waals surface area contributed by atoms with Gasteiger partial charge in [-0.2, -0.15) is 0 Å². The molecule has 0 radical (unpaired) electrons. The van der Waals surface area contributed by atoms with Gasteiger partial charge in [-0.1, -0.05) is 176 Å². The summed E-state index contributed by atoms with van der Waals surface area (Å²) >= 11 is 0. The van der Waals surface area contributed by atoms with E-state index in [0.717, 1.165) is 70.6 Å². The van der Waals surface area contributed by atoms with Crippen LogP contribution >= 0.6 is 0 Å². The number of carbonyl (C=O) groups excluding carboxylic acids is 5. The van der Waals surface area contributed by atoms with Crippen LogP contribution in [0.5, 0.6) is 0 Å². The molecule has 2 aromatic heterocycles. The molecule has 2 aromatic rings. The smallest absolute Gasteiger partial charge is 0.307 e. The molecule has 0 amide bonds. The van der Waals surface area contributed by atoms with Crippen molar-refractivity contribution >= 4 is 29.8 Å². The van der Waals surface area contributed by atoms with Crippen LogP contribution < -0.4 is 0 Å². The van der Waals surface area contributed by atoms with E-state index in [2.05, 4.69) is 11.9 Å². The molecule has 0 aliphatic rings. The second-order valence-electron chi connectivity index (χ2n) is 18.8. The molecule has 14 heteroatoms. The van der Waals surface area contributed by atoms with E-state index in [1.807, 2.05) is 27.7 Å². The molecule has 0 saturated carbocycles. The molecule has 2 rings (SSSR count). The van der Waals surface area contributed by atoms with Gasteiger partial charge in [0, 0.05) is 38.5 Å². The molecule has 0 bridgehead atoms. The normalized spacial score (nSPS) is 13.5. The fourth-order valence-corrected chi connectivity index (χ4v) is 8.22. The van der Waals surface area contributed by atoms with E-state index >= 15 is 0 Å². The Balaban J connectivity index is 2.31. The Bertz CT molecular complexity index is 1630. The molecule has 0 spiro atoms. The molecule has 394 valence electrons. The molecule has 0 aromatic carbocycles. The van der Waals surface area contributed by atoms with E-state index in [-0.39, 0.29) is 55.9 Å². The van der Waals surface area contributed by atoms with E-state index in [1.54, 1.807) is 6.92 Å². The lowest BCUT2D eigenvalue weighted by Crippen LogP contribution is -2.45. The van der Waals surface area contributed by atoms with Crippen molar-refractivity contribution in [3.05, 3.63) is 36.2 Å². The molecule has 0 fully saturated rings. The fourth-order valence-electron chi connectivity index (χ4n) is 8.22. The largest absolute Gasteiger partial charge is 0.459 e. The zero-order valence-corrected chi connectivity index (χ0v) is 43.7. The summed E-state index contributed by atoms with van der Waals surface area (Å²) < 4.78 is 41.7. The topological polar surface area (TPSA) is 184 Å². The number of ether oxygens (including phenoxy) is 5. The van der Waals surface area contributed by atoms with Gasteiger partial charge in [-0.25, -0.2) is 9.97 Å². The molecule has 0 N–H and O–H groups in total. The quantitative estimate of drug-likeness (QED) is 0.0347.